The van der Waals surface area contributed by atoms with Gasteiger partial charge in [-0.2, -0.15) is 0 Å². The Morgan fingerprint density at radius 3 is 2.73 bits per heavy atom. The molecule has 1 aromatic heterocycles. The number of carbonyl (C=O) groups is 1. The second-order valence-electron chi connectivity index (χ2n) is 6.02. The number of benzene rings is 2. The van der Waals surface area contributed by atoms with E-state index in [0.29, 0.717) is 5.69 Å². The van der Waals surface area contributed by atoms with Crippen LogP contribution >= 0.6 is 0 Å². The zero-order chi connectivity index (χ0) is 18.8. The van der Waals surface area contributed by atoms with Crippen LogP contribution in [0.2, 0.25) is 0 Å². The third kappa shape index (κ3) is 3.28. The molecule has 0 aliphatic carbocycles. The molecule has 0 spiro atoms. The van der Waals surface area contributed by atoms with Gasteiger partial charge in [-0.1, -0.05) is 25.1 Å². The molecule has 26 heavy (non-hydrogen) atoms. The highest BCUT2D eigenvalue weighted by Gasteiger charge is 2.14. The molecular weight excluding hydrogens is 337 g/mol. The van der Waals surface area contributed by atoms with E-state index >= 15 is 0 Å². The van der Waals surface area contributed by atoms with Gasteiger partial charge in [0, 0.05) is 5.69 Å². The number of fused-ring (bicyclic) bond motifs is 1. The van der Waals surface area contributed by atoms with Crippen LogP contribution in [-0.4, -0.2) is 15.5 Å². The number of rotatable bonds is 4. The molecule has 1 heterocycles. The standard InChI is InChI=1S/C19H18FN3O3/c1-3-12-6-4-5-11(2)17(12)22-16(24)10-23-15-8-7-13(20)9-14(15)21-18(25)19(23)26/h4-9H,3,10H2,1-2H3,(H,21,25)(H,22,24). The van der Waals surface area contributed by atoms with Crippen molar-refractivity contribution in [2.45, 2.75) is 26.8 Å². The second kappa shape index (κ2) is 6.95. The van der Waals surface area contributed by atoms with Crippen molar-refractivity contribution in [3.05, 3.63) is 74.0 Å². The number of amides is 1. The van der Waals surface area contributed by atoms with Gasteiger partial charge in [-0.15, -0.1) is 0 Å². The number of aromatic amines is 1. The summed E-state index contributed by atoms with van der Waals surface area (Å²) in [5.41, 5.74) is 1.26. The highest BCUT2D eigenvalue weighted by atomic mass is 19.1. The first kappa shape index (κ1) is 17.6. The Morgan fingerprint density at radius 2 is 2.00 bits per heavy atom. The van der Waals surface area contributed by atoms with E-state index < -0.39 is 22.8 Å². The van der Waals surface area contributed by atoms with Crippen LogP contribution in [0.4, 0.5) is 10.1 Å². The highest BCUT2D eigenvalue weighted by Crippen LogP contribution is 2.21. The van der Waals surface area contributed by atoms with E-state index in [2.05, 4.69) is 10.3 Å². The number of carbonyl (C=O) groups excluding carboxylic acids is 1. The van der Waals surface area contributed by atoms with Crippen LogP contribution in [0.25, 0.3) is 11.0 Å². The Morgan fingerprint density at radius 1 is 1.23 bits per heavy atom. The zero-order valence-corrected chi connectivity index (χ0v) is 14.4. The van der Waals surface area contributed by atoms with Crippen molar-refractivity contribution in [3.8, 4) is 0 Å². The molecule has 0 radical (unpaired) electrons. The number of anilines is 1. The molecule has 0 bridgehead atoms. The predicted octanol–water partition coefficient (Wildman–Crippen LogP) is 2.34. The van der Waals surface area contributed by atoms with E-state index in [1.54, 1.807) is 0 Å². The molecular formula is C19H18FN3O3. The lowest BCUT2D eigenvalue weighted by Gasteiger charge is -2.14. The second-order valence-corrected chi connectivity index (χ2v) is 6.02. The van der Waals surface area contributed by atoms with Crippen molar-refractivity contribution in [2.75, 3.05) is 5.32 Å². The van der Waals surface area contributed by atoms with E-state index in [9.17, 15) is 18.8 Å². The lowest BCUT2D eigenvalue weighted by Crippen LogP contribution is -2.39. The van der Waals surface area contributed by atoms with Crippen LogP contribution in [0.1, 0.15) is 18.1 Å². The smallest absolute Gasteiger partial charge is 0.317 e. The molecule has 0 fully saturated rings. The number of aryl methyl sites for hydroxylation is 2. The van der Waals surface area contributed by atoms with Crippen molar-refractivity contribution in [1.29, 1.82) is 0 Å². The molecule has 0 aliphatic rings. The van der Waals surface area contributed by atoms with Gasteiger partial charge in [0.2, 0.25) is 5.91 Å². The minimum atomic E-state index is -0.902. The van der Waals surface area contributed by atoms with E-state index in [1.165, 1.54) is 12.1 Å². The number of aromatic nitrogens is 2. The number of nitrogens with zero attached hydrogens (tertiary/aromatic N) is 1. The summed E-state index contributed by atoms with van der Waals surface area (Å²) in [6.45, 7) is 3.52. The van der Waals surface area contributed by atoms with Gasteiger partial charge in [0.1, 0.15) is 12.4 Å². The maximum atomic E-state index is 13.4. The topological polar surface area (TPSA) is 84.0 Å². The first-order valence-corrected chi connectivity index (χ1v) is 8.21. The van der Waals surface area contributed by atoms with E-state index in [0.717, 1.165) is 28.2 Å². The third-order valence-electron chi connectivity index (χ3n) is 4.24. The van der Waals surface area contributed by atoms with Gasteiger partial charge >= 0.3 is 11.1 Å². The van der Waals surface area contributed by atoms with Gasteiger partial charge in [-0.25, -0.2) is 4.39 Å². The fourth-order valence-corrected chi connectivity index (χ4v) is 2.93. The molecule has 0 atom stereocenters. The highest BCUT2D eigenvalue weighted by molar-refractivity contribution is 5.93. The molecule has 3 rings (SSSR count). The van der Waals surface area contributed by atoms with Crippen molar-refractivity contribution < 1.29 is 9.18 Å². The SMILES string of the molecule is CCc1cccc(C)c1NC(=O)Cn1c(=O)c(=O)[nH]c2cc(F)ccc21. The molecule has 134 valence electrons. The molecule has 7 heteroatoms. The molecule has 0 saturated heterocycles. The van der Waals surface area contributed by atoms with Crippen LogP contribution in [0, 0.1) is 12.7 Å². The average Bonchev–Trinajstić information content (AvgIpc) is 2.60. The van der Waals surface area contributed by atoms with Gasteiger partial charge in [0.05, 0.1) is 11.0 Å². The summed E-state index contributed by atoms with van der Waals surface area (Å²) in [5.74, 6) is -0.984. The van der Waals surface area contributed by atoms with Crippen LogP contribution in [0.3, 0.4) is 0 Å². The number of H-pyrrole nitrogens is 1. The van der Waals surface area contributed by atoms with Crippen LogP contribution < -0.4 is 16.4 Å². The quantitative estimate of drug-likeness (QED) is 0.705. The maximum absolute atomic E-state index is 13.4. The number of hydrogen-bond acceptors (Lipinski definition) is 3. The summed E-state index contributed by atoms with van der Waals surface area (Å²) in [6.07, 6.45) is 0.741. The molecule has 0 saturated carbocycles. The van der Waals surface area contributed by atoms with Gasteiger partial charge in [0.25, 0.3) is 0 Å². The summed E-state index contributed by atoms with van der Waals surface area (Å²) in [7, 11) is 0. The van der Waals surface area contributed by atoms with Crippen LogP contribution in [0.15, 0.2) is 46.0 Å². The summed E-state index contributed by atoms with van der Waals surface area (Å²) in [4.78, 5) is 38.9. The maximum Gasteiger partial charge on any atom is 0.317 e. The third-order valence-corrected chi connectivity index (χ3v) is 4.24. The Hall–Kier alpha value is -3.22. The van der Waals surface area contributed by atoms with Crippen molar-refractivity contribution in [1.82, 2.24) is 9.55 Å². The fourth-order valence-electron chi connectivity index (χ4n) is 2.93. The summed E-state index contributed by atoms with van der Waals surface area (Å²) >= 11 is 0. The van der Waals surface area contributed by atoms with Crippen LogP contribution in [-0.2, 0) is 17.8 Å². The normalized spacial score (nSPS) is 10.9. The lowest BCUT2D eigenvalue weighted by atomic mass is 10.1. The van der Waals surface area contributed by atoms with E-state index in [-0.39, 0.29) is 17.6 Å². The summed E-state index contributed by atoms with van der Waals surface area (Å²) in [5, 5.41) is 2.82. The number of halogens is 1. The van der Waals surface area contributed by atoms with E-state index in [1.807, 2.05) is 32.0 Å². The molecule has 2 N–H and O–H groups in total. The van der Waals surface area contributed by atoms with Gasteiger partial charge in [-0.05, 0) is 42.7 Å². The van der Waals surface area contributed by atoms with Crippen molar-refractivity contribution >= 4 is 22.6 Å². The molecule has 6 nitrogen and oxygen atoms in total. The first-order chi connectivity index (χ1) is 12.4. The Labute approximate surface area is 148 Å². The van der Waals surface area contributed by atoms with Crippen molar-refractivity contribution in [2.24, 2.45) is 0 Å². The number of nitrogens with one attached hydrogen (secondary N) is 2. The first-order valence-electron chi connectivity index (χ1n) is 8.21. The minimum absolute atomic E-state index is 0.160. The molecule has 2 aromatic carbocycles. The summed E-state index contributed by atoms with van der Waals surface area (Å²) in [6, 6.07) is 9.35. The Bertz CT molecular complexity index is 1120. The van der Waals surface area contributed by atoms with Gasteiger partial charge < -0.3 is 10.3 Å². The monoisotopic (exact) mass is 355 g/mol. The lowest BCUT2D eigenvalue weighted by molar-refractivity contribution is -0.116. The fraction of sp³-hybridized carbons (Fsp3) is 0.211. The molecule has 0 unspecified atom stereocenters. The average molecular weight is 355 g/mol. The summed E-state index contributed by atoms with van der Waals surface area (Å²) < 4.78 is 14.4. The van der Waals surface area contributed by atoms with Crippen molar-refractivity contribution in [3.63, 3.8) is 0 Å². The molecule has 0 aliphatic heterocycles. The Kier molecular flexibility index (Phi) is 4.71. The van der Waals surface area contributed by atoms with Gasteiger partial charge in [-0.3, -0.25) is 19.0 Å². The Balaban J connectivity index is 1.99. The zero-order valence-electron chi connectivity index (χ0n) is 14.4. The molecule has 1 amide bonds. The van der Waals surface area contributed by atoms with Crippen LogP contribution in [0.5, 0.6) is 0 Å². The van der Waals surface area contributed by atoms with Gasteiger partial charge in [0.15, 0.2) is 0 Å². The predicted molar refractivity (Wildman–Crippen MR) is 98.0 cm³/mol. The largest absolute Gasteiger partial charge is 0.324 e. The number of para-hydroxylation sites is 1. The van der Waals surface area contributed by atoms with E-state index in [4.69, 9.17) is 0 Å². The number of hydrogen-bond donors (Lipinski definition) is 2. The minimum Gasteiger partial charge on any atom is -0.324 e. The molecule has 3 aromatic rings.